The van der Waals surface area contributed by atoms with Crippen LogP contribution in [0.2, 0.25) is 0 Å². The van der Waals surface area contributed by atoms with E-state index in [-0.39, 0.29) is 12.2 Å². The van der Waals surface area contributed by atoms with Gasteiger partial charge in [0.05, 0.1) is 10.8 Å². The molecule has 0 aromatic heterocycles. The number of nitro groups is 1. The van der Waals surface area contributed by atoms with Crippen molar-refractivity contribution in [3.63, 3.8) is 0 Å². The number of anilines is 1. The molecule has 1 aromatic carbocycles. The standard InChI is InChI=1S/C11H13BrN2O4/c1-7(11(15)16)6-13(2)10-5-8(12)3-4-9(10)14(17)18/h3-5,7H,6H2,1-2H3,(H,15,16). The highest BCUT2D eigenvalue weighted by Gasteiger charge is 2.20. The van der Waals surface area contributed by atoms with Crippen LogP contribution in [0.5, 0.6) is 0 Å². The molecule has 1 atom stereocenters. The Morgan fingerprint density at radius 2 is 2.22 bits per heavy atom. The first-order valence-electron chi connectivity index (χ1n) is 5.20. The van der Waals surface area contributed by atoms with Gasteiger partial charge in [-0.1, -0.05) is 22.9 Å². The molecular formula is C11H13BrN2O4. The van der Waals surface area contributed by atoms with Gasteiger partial charge in [0.25, 0.3) is 5.69 Å². The fraction of sp³-hybridized carbons (Fsp3) is 0.364. The van der Waals surface area contributed by atoms with Crippen LogP contribution < -0.4 is 4.90 Å². The van der Waals surface area contributed by atoms with E-state index < -0.39 is 16.8 Å². The monoisotopic (exact) mass is 316 g/mol. The van der Waals surface area contributed by atoms with Crippen molar-refractivity contribution in [2.24, 2.45) is 5.92 Å². The Bertz CT molecular complexity index is 478. The number of halogens is 1. The van der Waals surface area contributed by atoms with Gasteiger partial charge in [-0.15, -0.1) is 0 Å². The van der Waals surface area contributed by atoms with Crippen LogP contribution in [0.15, 0.2) is 22.7 Å². The molecule has 6 nitrogen and oxygen atoms in total. The SMILES string of the molecule is CC(CN(C)c1cc(Br)ccc1[N+](=O)[O-])C(=O)O. The Balaban J connectivity index is 3.03. The van der Waals surface area contributed by atoms with Crippen LogP contribution in [0.4, 0.5) is 11.4 Å². The number of hydrogen-bond acceptors (Lipinski definition) is 4. The van der Waals surface area contributed by atoms with Gasteiger partial charge < -0.3 is 10.0 Å². The third-order valence-electron chi connectivity index (χ3n) is 2.51. The fourth-order valence-electron chi connectivity index (χ4n) is 1.54. The summed E-state index contributed by atoms with van der Waals surface area (Å²) in [5.74, 6) is -1.53. The average molecular weight is 317 g/mol. The first kappa shape index (κ1) is 14.4. The predicted molar refractivity (Wildman–Crippen MR) is 70.9 cm³/mol. The lowest BCUT2D eigenvalue weighted by molar-refractivity contribution is -0.384. The summed E-state index contributed by atoms with van der Waals surface area (Å²) in [5, 5.41) is 19.7. The van der Waals surface area contributed by atoms with Crippen molar-refractivity contribution in [3.05, 3.63) is 32.8 Å². The lowest BCUT2D eigenvalue weighted by Gasteiger charge is -2.21. The van der Waals surface area contributed by atoms with Gasteiger partial charge in [0.1, 0.15) is 5.69 Å². The third kappa shape index (κ3) is 3.43. The summed E-state index contributed by atoms with van der Waals surface area (Å²) in [6.07, 6.45) is 0. The molecule has 0 heterocycles. The lowest BCUT2D eigenvalue weighted by Crippen LogP contribution is -2.28. The van der Waals surface area contributed by atoms with Crippen molar-refractivity contribution >= 4 is 33.3 Å². The van der Waals surface area contributed by atoms with Gasteiger partial charge in [-0.05, 0) is 12.1 Å². The van der Waals surface area contributed by atoms with E-state index >= 15 is 0 Å². The van der Waals surface area contributed by atoms with Gasteiger partial charge in [-0.2, -0.15) is 0 Å². The van der Waals surface area contributed by atoms with Gasteiger partial charge in [0, 0.05) is 24.1 Å². The first-order valence-corrected chi connectivity index (χ1v) is 6.00. The van der Waals surface area contributed by atoms with Crippen LogP contribution in [0.25, 0.3) is 0 Å². The highest BCUT2D eigenvalue weighted by molar-refractivity contribution is 9.10. The lowest BCUT2D eigenvalue weighted by atomic mass is 10.1. The second kappa shape index (κ2) is 5.81. The first-order chi connectivity index (χ1) is 8.32. The molecule has 1 rings (SSSR count). The molecule has 0 aliphatic carbocycles. The number of nitrogens with zero attached hydrogens (tertiary/aromatic N) is 2. The molecule has 0 aliphatic rings. The minimum atomic E-state index is -0.931. The number of benzene rings is 1. The normalized spacial score (nSPS) is 11.9. The highest BCUT2D eigenvalue weighted by atomic mass is 79.9. The van der Waals surface area contributed by atoms with Crippen LogP contribution in [0.3, 0.4) is 0 Å². The van der Waals surface area contributed by atoms with Gasteiger partial charge in [-0.25, -0.2) is 0 Å². The van der Waals surface area contributed by atoms with Gasteiger partial charge in [-0.3, -0.25) is 14.9 Å². The minimum Gasteiger partial charge on any atom is -0.481 e. The average Bonchev–Trinajstić information content (AvgIpc) is 2.28. The largest absolute Gasteiger partial charge is 0.481 e. The molecule has 1 N–H and O–H groups in total. The molecular weight excluding hydrogens is 304 g/mol. The number of carbonyl (C=O) groups is 1. The Morgan fingerprint density at radius 3 is 2.72 bits per heavy atom. The topological polar surface area (TPSA) is 83.7 Å². The number of nitro benzene ring substituents is 1. The van der Waals surface area contributed by atoms with Gasteiger partial charge in [0.2, 0.25) is 0 Å². The molecule has 0 aliphatic heterocycles. The molecule has 1 unspecified atom stereocenters. The Morgan fingerprint density at radius 1 is 1.61 bits per heavy atom. The third-order valence-corrected chi connectivity index (χ3v) is 3.01. The highest BCUT2D eigenvalue weighted by Crippen LogP contribution is 2.30. The number of aliphatic carboxylic acids is 1. The molecule has 1 aromatic rings. The number of rotatable bonds is 5. The predicted octanol–water partition coefficient (Wildman–Crippen LogP) is 2.51. The second-order valence-electron chi connectivity index (χ2n) is 4.01. The molecule has 0 radical (unpaired) electrons. The second-order valence-corrected chi connectivity index (χ2v) is 4.93. The maximum Gasteiger partial charge on any atom is 0.308 e. The fourth-order valence-corrected chi connectivity index (χ4v) is 1.89. The van der Waals surface area contributed by atoms with E-state index in [1.54, 1.807) is 31.0 Å². The number of carboxylic acids is 1. The van der Waals surface area contributed by atoms with Crippen LogP contribution in [0.1, 0.15) is 6.92 Å². The van der Waals surface area contributed by atoms with Crippen LogP contribution in [-0.4, -0.2) is 29.6 Å². The van der Waals surface area contributed by atoms with E-state index in [0.717, 1.165) is 0 Å². The van der Waals surface area contributed by atoms with Gasteiger partial charge >= 0.3 is 5.97 Å². The Kier molecular flexibility index (Phi) is 4.66. The minimum absolute atomic E-state index is 0.0433. The summed E-state index contributed by atoms with van der Waals surface area (Å²) in [6, 6.07) is 4.57. The van der Waals surface area contributed by atoms with E-state index in [0.29, 0.717) is 10.2 Å². The Labute approximate surface area is 112 Å². The molecule has 0 saturated carbocycles. The zero-order chi connectivity index (χ0) is 13.9. The zero-order valence-electron chi connectivity index (χ0n) is 9.96. The molecule has 98 valence electrons. The quantitative estimate of drug-likeness (QED) is 0.666. The van der Waals surface area contributed by atoms with Gasteiger partial charge in [0.15, 0.2) is 0 Å². The molecule has 0 saturated heterocycles. The van der Waals surface area contributed by atoms with Crippen LogP contribution in [0, 0.1) is 16.0 Å². The number of hydrogen-bond donors (Lipinski definition) is 1. The molecule has 0 bridgehead atoms. The van der Waals surface area contributed by atoms with Crippen LogP contribution >= 0.6 is 15.9 Å². The molecule has 0 fully saturated rings. The van der Waals surface area contributed by atoms with Crippen molar-refractivity contribution in [1.29, 1.82) is 0 Å². The zero-order valence-corrected chi connectivity index (χ0v) is 11.5. The van der Waals surface area contributed by atoms with E-state index in [1.165, 1.54) is 6.07 Å². The van der Waals surface area contributed by atoms with Crippen molar-refractivity contribution < 1.29 is 14.8 Å². The van der Waals surface area contributed by atoms with Crippen molar-refractivity contribution in [2.45, 2.75) is 6.92 Å². The molecule has 7 heteroatoms. The van der Waals surface area contributed by atoms with E-state index in [9.17, 15) is 14.9 Å². The van der Waals surface area contributed by atoms with Crippen molar-refractivity contribution in [1.82, 2.24) is 0 Å². The summed E-state index contributed by atoms with van der Waals surface area (Å²) in [7, 11) is 1.63. The van der Waals surface area contributed by atoms with E-state index in [1.807, 2.05) is 0 Å². The number of carboxylic acid groups (broad SMARTS) is 1. The van der Waals surface area contributed by atoms with Crippen molar-refractivity contribution in [2.75, 3.05) is 18.5 Å². The summed E-state index contributed by atoms with van der Waals surface area (Å²) in [4.78, 5) is 22.8. The summed E-state index contributed by atoms with van der Waals surface area (Å²) >= 11 is 3.24. The van der Waals surface area contributed by atoms with E-state index in [2.05, 4.69) is 15.9 Å². The van der Waals surface area contributed by atoms with E-state index in [4.69, 9.17) is 5.11 Å². The summed E-state index contributed by atoms with van der Waals surface area (Å²) < 4.78 is 0.706. The molecule has 0 spiro atoms. The maximum atomic E-state index is 10.9. The Hall–Kier alpha value is -1.63. The van der Waals surface area contributed by atoms with Crippen LogP contribution in [-0.2, 0) is 4.79 Å². The smallest absolute Gasteiger partial charge is 0.308 e. The molecule has 0 amide bonds. The van der Waals surface area contributed by atoms with Crippen molar-refractivity contribution in [3.8, 4) is 0 Å². The molecule has 18 heavy (non-hydrogen) atoms. The summed E-state index contributed by atoms with van der Waals surface area (Å²) in [6.45, 7) is 1.76. The summed E-state index contributed by atoms with van der Waals surface area (Å²) in [5.41, 5.74) is 0.348. The maximum absolute atomic E-state index is 10.9.